The lowest BCUT2D eigenvalue weighted by Crippen LogP contribution is -2.46. The Bertz CT molecular complexity index is 668. The summed E-state index contributed by atoms with van der Waals surface area (Å²) in [5.74, 6) is 0.820. The monoisotopic (exact) mass is 336 g/mol. The van der Waals surface area contributed by atoms with Crippen molar-refractivity contribution in [2.24, 2.45) is 0 Å². The fraction of sp³-hybridized carbons (Fsp3) is 0.400. The number of nitrogens with zero attached hydrogens (tertiary/aromatic N) is 3. The lowest BCUT2D eigenvalue weighted by molar-refractivity contribution is 0.0523. The summed E-state index contributed by atoms with van der Waals surface area (Å²) in [7, 11) is 0. The third-order valence-electron chi connectivity index (χ3n) is 3.55. The quantitative estimate of drug-likeness (QED) is 0.931. The molecule has 7 nitrogen and oxygen atoms in total. The number of benzene rings is 1. The van der Waals surface area contributed by atoms with Crippen LogP contribution >= 0.6 is 11.6 Å². The summed E-state index contributed by atoms with van der Waals surface area (Å²) in [6.45, 7) is 4.08. The molecule has 1 atom stereocenters. The van der Waals surface area contributed by atoms with Crippen molar-refractivity contribution in [2.45, 2.75) is 13.0 Å². The van der Waals surface area contributed by atoms with Gasteiger partial charge in [0.25, 0.3) is 0 Å². The maximum absolute atomic E-state index is 12.2. The molecule has 1 aromatic heterocycles. The van der Waals surface area contributed by atoms with Gasteiger partial charge in [-0.25, -0.2) is 4.79 Å². The molecule has 122 valence electrons. The van der Waals surface area contributed by atoms with Gasteiger partial charge in [0.05, 0.1) is 13.2 Å². The van der Waals surface area contributed by atoms with E-state index in [9.17, 15) is 4.79 Å². The zero-order valence-corrected chi connectivity index (χ0v) is 13.4. The maximum atomic E-state index is 12.2. The van der Waals surface area contributed by atoms with Crippen molar-refractivity contribution >= 4 is 17.6 Å². The maximum Gasteiger partial charge on any atom is 0.318 e. The van der Waals surface area contributed by atoms with Gasteiger partial charge < -0.3 is 19.5 Å². The van der Waals surface area contributed by atoms with Gasteiger partial charge in [0.15, 0.2) is 0 Å². The van der Waals surface area contributed by atoms with Crippen molar-refractivity contribution in [3.05, 3.63) is 35.2 Å². The number of morpholine rings is 1. The van der Waals surface area contributed by atoms with Crippen LogP contribution in [0.3, 0.4) is 0 Å². The number of halogens is 1. The van der Waals surface area contributed by atoms with Gasteiger partial charge in [0, 0.05) is 23.7 Å². The Labute approximate surface area is 138 Å². The fourth-order valence-electron chi connectivity index (χ4n) is 2.23. The van der Waals surface area contributed by atoms with E-state index >= 15 is 0 Å². The molecule has 2 heterocycles. The van der Waals surface area contributed by atoms with Crippen molar-refractivity contribution in [1.82, 2.24) is 20.4 Å². The lowest BCUT2D eigenvalue weighted by atomic mass is 10.2. The van der Waals surface area contributed by atoms with Gasteiger partial charge in [-0.1, -0.05) is 16.8 Å². The number of ether oxygens (including phenoxy) is 1. The van der Waals surface area contributed by atoms with E-state index in [2.05, 4.69) is 15.5 Å². The van der Waals surface area contributed by atoms with Crippen LogP contribution in [0.4, 0.5) is 4.79 Å². The highest BCUT2D eigenvalue weighted by Crippen LogP contribution is 2.20. The molecule has 0 saturated carbocycles. The van der Waals surface area contributed by atoms with Crippen LogP contribution in [0.25, 0.3) is 11.4 Å². The second-order valence-corrected chi connectivity index (χ2v) is 5.67. The Kier molecular flexibility index (Phi) is 4.78. The molecule has 2 aromatic rings. The van der Waals surface area contributed by atoms with Gasteiger partial charge >= 0.3 is 6.03 Å². The van der Waals surface area contributed by atoms with Crippen LogP contribution in [0.2, 0.25) is 5.02 Å². The van der Waals surface area contributed by atoms with Gasteiger partial charge in [-0.15, -0.1) is 0 Å². The number of carbonyl (C=O) groups excluding carboxylic acids is 1. The van der Waals surface area contributed by atoms with Crippen LogP contribution in [0.5, 0.6) is 0 Å². The van der Waals surface area contributed by atoms with Crippen LogP contribution in [-0.2, 0) is 4.74 Å². The van der Waals surface area contributed by atoms with Crippen LogP contribution in [0.15, 0.2) is 28.8 Å². The van der Waals surface area contributed by atoms with Crippen molar-refractivity contribution in [1.29, 1.82) is 0 Å². The summed E-state index contributed by atoms with van der Waals surface area (Å²) < 4.78 is 10.5. The fourth-order valence-corrected chi connectivity index (χ4v) is 2.36. The van der Waals surface area contributed by atoms with Crippen LogP contribution in [0.1, 0.15) is 18.9 Å². The summed E-state index contributed by atoms with van der Waals surface area (Å²) in [5, 5.41) is 7.44. The molecule has 0 spiro atoms. The first-order chi connectivity index (χ1) is 11.1. The number of nitrogens with one attached hydrogen (secondary N) is 1. The number of carbonyl (C=O) groups is 1. The highest BCUT2D eigenvalue weighted by molar-refractivity contribution is 6.30. The molecule has 1 aliphatic heterocycles. The van der Waals surface area contributed by atoms with E-state index in [0.29, 0.717) is 43.0 Å². The number of rotatable bonds is 3. The second kappa shape index (κ2) is 6.97. The van der Waals surface area contributed by atoms with E-state index in [1.807, 2.05) is 12.1 Å². The van der Waals surface area contributed by atoms with Crippen molar-refractivity contribution in [2.75, 3.05) is 26.3 Å². The molecular formula is C15H17ClN4O3. The summed E-state index contributed by atoms with van der Waals surface area (Å²) in [6.07, 6.45) is 0. The Morgan fingerprint density at radius 1 is 1.30 bits per heavy atom. The van der Waals surface area contributed by atoms with Crippen LogP contribution in [-0.4, -0.2) is 47.4 Å². The molecule has 0 aliphatic carbocycles. The smallest absolute Gasteiger partial charge is 0.318 e. The van der Waals surface area contributed by atoms with E-state index < -0.39 is 0 Å². The van der Waals surface area contributed by atoms with Gasteiger partial charge in [-0.05, 0) is 31.2 Å². The third-order valence-corrected chi connectivity index (χ3v) is 3.80. The molecule has 1 unspecified atom stereocenters. The molecule has 3 rings (SSSR count). The minimum atomic E-state index is -0.376. The zero-order valence-electron chi connectivity index (χ0n) is 12.7. The van der Waals surface area contributed by atoms with E-state index in [1.54, 1.807) is 24.0 Å². The number of amides is 2. The molecule has 0 bridgehead atoms. The predicted octanol–water partition coefficient (Wildman–Crippen LogP) is 2.49. The number of hydrogen-bond acceptors (Lipinski definition) is 5. The van der Waals surface area contributed by atoms with E-state index in [-0.39, 0.29) is 12.1 Å². The van der Waals surface area contributed by atoms with Crippen LogP contribution in [0, 0.1) is 0 Å². The molecular weight excluding hydrogens is 320 g/mol. The molecule has 2 amide bonds. The molecule has 1 fully saturated rings. The summed E-state index contributed by atoms with van der Waals surface area (Å²) in [4.78, 5) is 18.2. The normalized spacial score (nSPS) is 16.2. The largest absolute Gasteiger partial charge is 0.378 e. The van der Waals surface area contributed by atoms with Crippen molar-refractivity contribution < 1.29 is 14.1 Å². The minimum absolute atomic E-state index is 0.160. The highest BCUT2D eigenvalue weighted by atomic mass is 35.5. The van der Waals surface area contributed by atoms with Crippen LogP contribution < -0.4 is 5.32 Å². The van der Waals surface area contributed by atoms with Gasteiger partial charge in [-0.2, -0.15) is 4.98 Å². The minimum Gasteiger partial charge on any atom is -0.378 e. The molecule has 0 radical (unpaired) electrons. The predicted molar refractivity (Wildman–Crippen MR) is 84.1 cm³/mol. The van der Waals surface area contributed by atoms with Gasteiger partial charge in [0.1, 0.15) is 6.04 Å². The average molecular weight is 337 g/mol. The van der Waals surface area contributed by atoms with Crippen molar-refractivity contribution in [3.8, 4) is 11.4 Å². The first-order valence-electron chi connectivity index (χ1n) is 7.36. The van der Waals surface area contributed by atoms with E-state index in [4.69, 9.17) is 20.9 Å². The van der Waals surface area contributed by atoms with Gasteiger partial charge in [-0.3, -0.25) is 0 Å². The SMILES string of the molecule is CC(NC(=O)N1CCOCC1)c1nc(-c2ccc(Cl)cc2)no1. The first-order valence-corrected chi connectivity index (χ1v) is 7.74. The van der Waals surface area contributed by atoms with Gasteiger partial charge in [0.2, 0.25) is 11.7 Å². The Balaban J connectivity index is 1.64. The van der Waals surface area contributed by atoms with E-state index in [1.165, 1.54) is 0 Å². The zero-order chi connectivity index (χ0) is 16.2. The topological polar surface area (TPSA) is 80.5 Å². The Morgan fingerprint density at radius 3 is 2.70 bits per heavy atom. The molecule has 1 aromatic carbocycles. The molecule has 8 heteroatoms. The number of urea groups is 1. The summed E-state index contributed by atoms with van der Waals surface area (Å²) >= 11 is 5.86. The Hall–Kier alpha value is -2.12. The molecule has 1 aliphatic rings. The lowest BCUT2D eigenvalue weighted by Gasteiger charge is -2.27. The molecule has 1 saturated heterocycles. The number of aromatic nitrogens is 2. The third kappa shape index (κ3) is 3.80. The molecule has 1 N–H and O–H groups in total. The highest BCUT2D eigenvalue weighted by Gasteiger charge is 2.22. The first kappa shape index (κ1) is 15.8. The number of hydrogen-bond donors (Lipinski definition) is 1. The van der Waals surface area contributed by atoms with Crippen molar-refractivity contribution in [3.63, 3.8) is 0 Å². The second-order valence-electron chi connectivity index (χ2n) is 5.23. The Morgan fingerprint density at radius 2 is 2.00 bits per heavy atom. The summed E-state index contributed by atoms with van der Waals surface area (Å²) in [6, 6.07) is 6.61. The summed E-state index contributed by atoms with van der Waals surface area (Å²) in [5.41, 5.74) is 0.802. The van der Waals surface area contributed by atoms with E-state index in [0.717, 1.165) is 5.56 Å². The standard InChI is InChI=1S/C15H17ClN4O3/c1-10(17-15(21)20-6-8-22-9-7-20)14-18-13(19-23-14)11-2-4-12(16)5-3-11/h2-5,10H,6-9H2,1H3,(H,17,21). The average Bonchev–Trinajstić information content (AvgIpc) is 3.06. The molecule has 23 heavy (non-hydrogen) atoms.